The summed E-state index contributed by atoms with van der Waals surface area (Å²) in [5.74, 6) is 0.689. The topological polar surface area (TPSA) is 24.4 Å². The predicted molar refractivity (Wildman–Crippen MR) is 47.1 cm³/mol. The van der Waals surface area contributed by atoms with Crippen LogP contribution in [0.4, 0.5) is 10.1 Å². The highest BCUT2D eigenvalue weighted by atomic mass is 19.1. The molecule has 2 nitrogen and oxygen atoms in total. The van der Waals surface area contributed by atoms with E-state index in [0.29, 0.717) is 0 Å². The van der Waals surface area contributed by atoms with Crippen molar-refractivity contribution in [3.63, 3.8) is 0 Å². The Morgan fingerprint density at radius 3 is 3.08 bits per heavy atom. The molecule has 12 heavy (non-hydrogen) atoms. The maximum Gasteiger partial charge on any atom is 0.125 e. The van der Waals surface area contributed by atoms with Gasteiger partial charge in [-0.25, -0.2) is 4.39 Å². The molecule has 2 rings (SSSR count). The van der Waals surface area contributed by atoms with Crippen molar-refractivity contribution in [2.75, 3.05) is 12.4 Å². The number of halogens is 1. The second-order valence-corrected chi connectivity index (χ2v) is 2.77. The second kappa shape index (κ2) is 2.59. The van der Waals surface area contributed by atoms with Gasteiger partial charge in [0.25, 0.3) is 0 Å². The van der Waals surface area contributed by atoms with Gasteiger partial charge in [0.15, 0.2) is 0 Å². The average molecular weight is 164 g/mol. The Morgan fingerprint density at radius 2 is 2.33 bits per heavy atom. The molecule has 1 aliphatic rings. The van der Waals surface area contributed by atoms with Crippen LogP contribution in [-0.4, -0.2) is 12.9 Å². The third-order valence-electron chi connectivity index (χ3n) is 1.98. The smallest absolute Gasteiger partial charge is 0.125 e. The Bertz CT molecular complexity index is 344. The van der Waals surface area contributed by atoms with Crippen LogP contribution in [0, 0.1) is 5.82 Å². The number of nitrogens with one attached hydrogen (secondary N) is 1. The second-order valence-electron chi connectivity index (χ2n) is 2.77. The number of hydrogen-bond donors (Lipinski definition) is 1. The zero-order valence-electron chi connectivity index (χ0n) is 6.76. The maximum atomic E-state index is 12.7. The predicted octanol–water partition coefficient (Wildman–Crippen LogP) is 1.82. The quantitative estimate of drug-likeness (QED) is 0.621. The SMILES string of the molecule is CN=C1Cc2ccc(F)cc2N1. The van der Waals surface area contributed by atoms with Gasteiger partial charge in [0.2, 0.25) is 0 Å². The third kappa shape index (κ3) is 1.07. The number of nitrogens with zero attached hydrogens (tertiary/aromatic N) is 1. The van der Waals surface area contributed by atoms with Gasteiger partial charge in [-0.05, 0) is 17.7 Å². The van der Waals surface area contributed by atoms with E-state index in [4.69, 9.17) is 0 Å². The van der Waals surface area contributed by atoms with Crippen LogP contribution in [0.3, 0.4) is 0 Å². The number of amidine groups is 1. The molecular weight excluding hydrogens is 155 g/mol. The lowest BCUT2D eigenvalue weighted by atomic mass is 10.2. The van der Waals surface area contributed by atoms with Crippen LogP contribution in [0.2, 0.25) is 0 Å². The largest absolute Gasteiger partial charge is 0.343 e. The van der Waals surface area contributed by atoms with Crippen molar-refractivity contribution in [2.24, 2.45) is 4.99 Å². The molecule has 0 spiro atoms. The van der Waals surface area contributed by atoms with Crippen LogP contribution < -0.4 is 5.32 Å². The summed E-state index contributed by atoms with van der Waals surface area (Å²) in [6.45, 7) is 0. The van der Waals surface area contributed by atoms with Gasteiger partial charge in [0, 0.05) is 19.2 Å². The van der Waals surface area contributed by atoms with E-state index in [1.54, 1.807) is 13.1 Å². The highest BCUT2D eigenvalue weighted by Gasteiger charge is 2.15. The number of fused-ring (bicyclic) bond motifs is 1. The Kier molecular flexibility index (Phi) is 1.57. The van der Waals surface area contributed by atoms with Crippen molar-refractivity contribution in [2.45, 2.75) is 6.42 Å². The number of aliphatic imine (C=N–C) groups is 1. The summed E-state index contributed by atoms with van der Waals surface area (Å²) >= 11 is 0. The number of rotatable bonds is 0. The van der Waals surface area contributed by atoms with E-state index < -0.39 is 0 Å². The van der Waals surface area contributed by atoms with Gasteiger partial charge >= 0.3 is 0 Å². The fraction of sp³-hybridized carbons (Fsp3) is 0.222. The van der Waals surface area contributed by atoms with Gasteiger partial charge in [-0.15, -0.1) is 0 Å². The van der Waals surface area contributed by atoms with E-state index in [-0.39, 0.29) is 5.82 Å². The van der Waals surface area contributed by atoms with Gasteiger partial charge < -0.3 is 5.32 Å². The van der Waals surface area contributed by atoms with Gasteiger partial charge in [0.05, 0.1) is 0 Å². The average Bonchev–Trinajstić information content (AvgIpc) is 2.46. The summed E-state index contributed by atoms with van der Waals surface area (Å²) in [6, 6.07) is 4.75. The number of benzene rings is 1. The van der Waals surface area contributed by atoms with Crippen molar-refractivity contribution in [1.29, 1.82) is 0 Å². The van der Waals surface area contributed by atoms with Crippen LogP contribution in [-0.2, 0) is 6.42 Å². The molecule has 1 aliphatic heterocycles. The lowest BCUT2D eigenvalue weighted by molar-refractivity contribution is 0.628. The maximum absolute atomic E-state index is 12.7. The van der Waals surface area contributed by atoms with E-state index >= 15 is 0 Å². The fourth-order valence-electron chi connectivity index (χ4n) is 1.33. The van der Waals surface area contributed by atoms with Crippen molar-refractivity contribution < 1.29 is 4.39 Å². The molecule has 62 valence electrons. The molecule has 1 aromatic rings. The highest BCUT2D eigenvalue weighted by Crippen LogP contribution is 2.23. The van der Waals surface area contributed by atoms with E-state index in [0.717, 1.165) is 23.5 Å². The molecule has 0 aromatic heterocycles. The molecule has 0 aliphatic carbocycles. The zero-order valence-corrected chi connectivity index (χ0v) is 6.76. The van der Waals surface area contributed by atoms with Crippen molar-refractivity contribution in [3.05, 3.63) is 29.6 Å². The minimum Gasteiger partial charge on any atom is -0.343 e. The molecule has 0 saturated heterocycles. The summed E-state index contributed by atoms with van der Waals surface area (Å²) in [6.07, 6.45) is 0.784. The first-order valence-electron chi connectivity index (χ1n) is 3.80. The summed E-state index contributed by atoms with van der Waals surface area (Å²) in [5, 5.41) is 3.03. The molecule has 1 N–H and O–H groups in total. The number of hydrogen-bond acceptors (Lipinski definition) is 1. The Morgan fingerprint density at radius 1 is 1.50 bits per heavy atom. The summed E-state index contributed by atoms with van der Waals surface area (Å²) in [5.41, 5.74) is 1.95. The molecule has 1 aromatic carbocycles. The van der Waals surface area contributed by atoms with Gasteiger partial charge in [0.1, 0.15) is 11.7 Å². The first-order chi connectivity index (χ1) is 5.79. The van der Waals surface area contributed by atoms with Gasteiger partial charge in [-0.1, -0.05) is 6.07 Å². The molecule has 3 heteroatoms. The highest BCUT2D eigenvalue weighted by molar-refractivity contribution is 6.02. The summed E-state index contributed by atoms with van der Waals surface area (Å²) in [7, 11) is 1.73. The van der Waals surface area contributed by atoms with Crippen molar-refractivity contribution >= 4 is 11.5 Å². The Hall–Kier alpha value is -1.38. The molecule has 1 heterocycles. The van der Waals surface area contributed by atoms with Crippen LogP contribution in [0.25, 0.3) is 0 Å². The van der Waals surface area contributed by atoms with E-state index in [1.807, 2.05) is 0 Å². The molecule has 0 unspecified atom stereocenters. The fourth-order valence-corrected chi connectivity index (χ4v) is 1.33. The van der Waals surface area contributed by atoms with Crippen molar-refractivity contribution in [1.82, 2.24) is 0 Å². The van der Waals surface area contributed by atoms with Crippen LogP contribution in [0.15, 0.2) is 23.2 Å². The normalized spacial score (nSPS) is 17.7. The summed E-state index contributed by atoms with van der Waals surface area (Å²) in [4.78, 5) is 4.01. The minimum atomic E-state index is -0.210. The van der Waals surface area contributed by atoms with Gasteiger partial charge in [-0.3, -0.25) is 4.99 Å². The lowest BCUT2D eigenvalue weighted by Gasteiger charge is -1.97. The monoisotopic (exact) mass is 164 g/mol. The molecule has 0 bridgehead atoms. The van der Waals surface area contributed by atoms with Crippen molar-refractivity contribution in [3.8, 4) is 0 Å². The van der Waals surface area contributed by atoms with Crippen LogP contribution >= 0.6 is 0 Å². The first kappa shape index (κ1) is 7.28. The molecular formula is C9H9FN2. The van der Waals surface area contributed by atoms with E-state index in [2.05, 4.69) is 10.3 Å². The van der Waals surface area contributed by atoms with E-state index in [9.17, 15) is 4.39 Å². The zero-order chi connectivity index (χ0) is 8.55. The third-order valence-corrected chi connectivity index (χ3v) is 1.98. The van der Waals surface area contributed by atoms with Crippen LogP contribution in [0.5, 0.6) is 0 Å². The Labute approximate surface area is 70.1 Å². The molecule has 0 amide bonds. The van der Waals surface area contributed by atoms with Gasteiger partial charge in [-0.2, -0.15) is 0 Å². The first-order valence-corrected chi connectivity index (χ1v) is 3.80. The minimum absolute atomic E-state index is 0.210. The van der Waals surface area contributed by atoms with Crippen LogP contribution in [0.1, 0.15) is 5.56 Å². The number of anilines is 1. The lowest BCUT2D eigenvalue weighted by Crippen LogP contribution is -2.04. The Balaban J connectivity index is 2.42. The van der Waals surface area contributed by atoms with E-state index in [1.165, 1.54) is 12.1 Å². The standard InChI is InChI=1S/C9H9FN2/c1-11-9-4-6-2-3-7(10)5-8(6)12-9/h2-3,5H,4H2,1H3,(H,11,12). The molecule has 0 atom stereocenters. The molecule has 0 radical (unpaired) electrons. The molecule has 0 saturated carbocycles. The summed E-state index contributed by atoms with van der Waals surface area (Å²) < 4.78 is 12.7. The molecule has 0 fully saturated rings.